The van der Waals surface area contributed by atoms with Gasteiger partial charge in [0.05, 0.1) is 18.8 Å². The largest absolute Gasteiger partial charge is 0.494 e. The van der Waals surface area contributed by atoms with Crippen molar-refractivity contribution in [2.75, 3.05) is 18.5 Å². The van der Waals surface area contributed by atoms with Crippen LogP contribution in [0.3, 0.4) is 0 Å². The minimum Gasteiger partial charge on any atom is -0.494 e. The Morgan fingerprint density at radius 2 is 0.907 bits per heavy atom. The molecule has 0 amide bonds. The van der Waals surface area contributed by atoms with Gasteiger partial charge < -0.3 is 14.2 Å². The van der Waals surface area contributed by atoms with E-state index in [-0.39, 0.29) is 5.97 Å². The molecule has 0 N–H and O–H groups in total. The number of alkyl halides is 1. The highest BCUT2D eigenvalue weighted by atomic mass is 79.9. The third-order valence-electron chi connectivity index (χ3n) is 7.66. The monoisotopic (exact) mass is 650 g/mol. The smallest absolute Gasteiger partial charge is 0.343 e. The molecule has 0 heterocycles. The number of unbranched alkanes of at least 4 members (excludes halogenated alkanes) is 13. The van der Waals surface area contributed by atoms with Crippen LogP contribution in [0.4, 0.5) is 0 Å². The molecule has 0 aromatic heterocycles. The van der Waals surface area contributed by atoms with Crippen LogP contribution >= 0.6 is 15.9 Å². The first-order valence-corrected chi connectivity index (χ1v) is 17.7. The van der Waals surface area contributed by atoms with Crippen molar-refractivity contribution in [3.63, 3.8) is 0 Å². The Kier molecular flexibility index (Phi) is 17.6. The zero-order valence-corrected chi connectivity index (χ0v) is 27.8. The number of rotatable bonds is 23. The molecule has 0 aliphatic rings. The lowest BCUT2D eigenvalue weighted by atomic mass is 10.1. The standard InChI is InChI=1S/C38H51BrO4/c1-2-3-4-5-12-15-30-42-36-25-21-34(22-26-36)38(40)43-37-27-19-33(20-28-37)32-17-23-35(24-18-32)41-31-16-13-10-8-6-7-9-11-14-29-39/h17-28H,2-16,29-31H2,1H3. The number of halogens is 1. The fourth-order valence-electron chi connectivity index (χ4n) is 5.01. The Hall–Kier alpha value is -2.79. The molecule has 3 aromatic carbocycles. The van der Waals surface area contributed by atoms with Gasteiger partial charge in [0.25, 0.3) is 0 Å². The van der Waals surface area contributed by atoms with E-state index in [1.165, 1.54) is 83.5 Å². The molecule has 0 bridgehead atoms. The zero-order valence-electron chi connectivity index (χ0n) is 26.2. The van der Waals surface area contributed by atoms with Gasteiger partial charge in [-0.25, -0.2) is 4.79 Å². The zero-order chi connectivity index (χ0) is 30.4. The number of hydrogen-bond donors (Lipinski definition) is 0. The van der Waals surface area contributed by atoms with E-state index in [0.29, 0.717) is 17.9 Å². The van der Waals surface area contributed by atoms with E-state index in [9.17, 15) is 4.79 Å². The Morgan fingerprint density at radius 1 is 0.512 bits per heavy atom. The Labute approximate surface area is 268 Å². The average Bonchev–Trinajstić information content (AvgIpc) is 3.04. The van der Waals surface area contributed by atoms with Gasteiger partial charge in [-0.2, -0.15) is 0 Å². The lowest BCUT2D eigenvalue weighted by Gasteiger charge is -2.09. The summed E-state index contributed by atoms with van der Waals surface area (Å²) in [5.74, 6) is 1.83. The normalized spacial score (nSPS) is 10.9. The highest BCUT2D eigenvalue weighted by Gasteiger charge is 2.09. The molecule has 0 atom stereocenters. The Morgan fingerprint density at radius 3 is 1.37 bits per heavy atom. The predicted molar refractivity (Wildman–Crippen MR) is 183 cm³/mol. The number of hydrogen-bond acceptors (Lipinski definition) is 4. The molecule has 0 spiro atoms. The van der Waals surface area contributed by atoms with Gasteiger partial charge in [-0.05, 0) is 78.9 Å². The summed E-state index contributed by atoms with van der Waals surface area (Å²) in [6, 6.07) is 23.0. The quantitative estimate of drug-likeness (QED) is 0.0443. The van der Waals surface area contributed by atoms with Crippen LogP contribution in [-0.2, 0) is 0 Å². The van der Waals surface area contributed by atoms with Crippen molar-refractivity contribution in [3.05, 3.63) is 78.4 Å². The molecular weight excluding hydrogens is 600 g/mol. The summed E-state index contributed by atoms with van der Waals surface area (Å²) in [7, 11) is 0. The van der Waals surface area contributed by atoms with E-state index in [0.717, 1.165) is 47.4 Å². The molecule has 3 aromatic rings. The van der Waals surface area contributed by atoms with Crippen LogP contribution in [0.15, 0.2) is 72.8 Å². The molecule has 43 heavy (non-hydrogen) atoms. The number of benzene rings is 3. The summed E-state index contributed by atoms with van der Waals surface area (Å²) in [5, 5.41) is 1.13. The molecular formula is C38H51BrO4. The molecule has 0 saturated carbocycles. The molecule has 0 saturated heterocycles. The Balaban J connectivity index is 1.32. The topological polar surface area (TPSA) is 44.8 Å². The summed E-state index contributed by atoms with van der Waals surface area (Å²) >= 11 is 3.50. The first kappa shape index (κ1) is 34.7. The Bertz CT molecular complexity index is 1130. The minimum atomic E-state index is -0.377. The molecule has 0 aliphatic carbocycles. The van der Waals surface area contributed by atoms with E-state index in [4.69, 9.17) is 14.2 Å². The lowest BCUT2D eigenvalue weighted by molar-refractivity contribution is 0.0734. The van der Waals surface area contributed by atoms with E-state index in [1.807, 2.05) is 48.5 Å². The second-order valence-electron chi connectivity index (χ2n) is 11.3. The van der Waals surface area contributed by atoms with Crippen LogP contribution in [0.25, 0.3) is 11.1 Å². The van der Waals surface area contributed by atoms with Gasteiger partial charge in [-0.3, -0.25) is 0 Å². The number of ether oxygens (including phenoxy) is 3. The summed E-state index contributed by atoms with van der Waals surface area (Å²) in [6.07, 6.45) is 19.1. The van der Waals surface area contributed by atoms with E-state index >= 15 is 0 Å². The maximum absolute atomic E-state index is 12.6. The summed E-state index contributed by atoms with van der Waals surface area (Å²) < 4.78 is 17.4. The first-order valence-electron chi connectivity index (χ1n) is 16.5. The molecule has 0 aliphatic heterocycles. The number of carbonyl (C=O) groups is 1. The molecule has 0 radical (unpaired) electrons. The van der Waals surface area contributed by atoms with Crippen LogP contribution in [-0.4, -0.2) is 24.5 Å². The summed E-state index contributed by atoms with van der Waals surface area (Å²) in [6.45, 7) is 3.70. The molecule has 234 valence electrons. The van der Waals surface area contributed by atoms with Crippen molar-refractivity contribution in [1.82, 2.24) is 0 Å². The van der Waals surface area contributed by atoms with Crippen LogP contribution < -0.4 is 14.2 Å². The van der Waals surface area contributed by atoms with Gasteiger partial charge in [0.2, 0.25) is 0 Å². The van der Waals surface area contributed by atoms with Gasteiger partial charge in [0, 0.05) is 5.33 Å². The fourth-order valence-corrected chi connectivity index (χ4v) is 5.41. The number of esters is 1. The van der Waals surface area contributed by atoms with Crippen molar-refractivity contribution < 1.29 is 19.0 Å². The van der Waals surface area contributed by atoms with Crippen molar-refractivity contribution in [2.24, 2.45) is 0 Å². The van der Waals surface area contributed by atoms with Crippen molar-refractivity contribution in [1.29, 1.82) is 0 Å². The minimum absolute atomic E-state index is 0.377. The molecule has 3 rings (SSSR count). The van der Waals surface area contributed by atoms with Crippen molar-refractivity contribution >= 4 is 21.9 Å². The van der Waals surface area contributed by atoms with E-state index in [1.54, 1.807) is 12.1 Å². The molecule has 4 nitrogen and oxygen atoms in total. The summed E-state index contributed by atoms with van der Waals surface area (Å²) in [5.41, 5.74) is 2.66. The molecule has 0 fully saturated rings. The van der Waals surface area contributed by atoms with Crippen LogP contribution in [0, 0.1) is 0 Å². The van der Waals surface area contributed by atoms with Crippen molar-refractivity contribution in [3.8, 4) is 28.4 Å². The molecule has 5 heteroatoms. The highest BCUT2D eigenvalue weighted by molar-refractivity contribution is 9.09. The third-order valence-corrected chi connectivity index (χ3v) is 8.22. The van der Waals surface area contributed by atoms with Crippen LogP contribution in [0.2, 0.25) is 0 Å². The van der Waals surface area contributed by atoms with Gasteiger partial charge in [0.1, 0.15) is 17.2 Å². The number of carbonyl (C=O) groups excluding carboxylic acids is 1. The van der Waals surface area contributed by atoms with Gasteiger partial charge in [-0.15, -0.1) is 0 Å². The third kappa shape index (κ3) is 14.5. The van der Waals surface area contributed by atoms with Gasteiger partial charge in [0.15, 0.2) is 0 Å². The first-order chi connectivity index (χ1) is 21.2. The predicted octanol–water partition coefficient (Wildman–Crippen LogP) is 11.6. The second-order valence-corrected chi connectivity index (χ2v) is 12.1. The van der Waals surface area contributed by atoms with Crippen LogP contribution in [0.1, 0.15) is 114 Å². The van der Waals surface area contributed by atoms with Gasteiger partial charge >= 0.3 is 5.97 Å². The maximum atomic E-state index is 12.6. The highest BCUT2D eigenvalue weighted by Crippen LogP contribution is 2.25. The molecule has 0 unspecified atom stereocenters. The lowest BCUT2D eigenvalue weighted by Crippen LogP contribution is -2.08. The van der Waals surface area contributed by atoms with E-state index in [2.05, 4.69) is 35.0 Å². The second kappa shape index (κ2) is 21.8. The SMILES string of the molecule is CCCCCCCCOc1ccc(C(=O)Oc2ccc(-c3ccc(OCCCCCCCCCCCBr)cc3)cc2)cc1. The average molecular weight is 652 g/mol. The van der Waals surface area contributed by atoms with Gasteiger partial charge in [-0.1, -0.05) is 124 Å². The fraction of sp³-hybridized carbons (Fsp3) is 0.500. The van der Waals surface area contributed by atoms with Crippen LogP contribution in [0.5, 0.6) is 17.2 Å². The van der Waals surface area contributed by atoms with E-state index < -0.39 is 0 Å². The summed E-state index contributed by atoms with van der Waals surface area (Å²) in [4.78, 5) is 12.6. The van der Waals surface area contributed by atoms with Crippen molar-refractivity contribution in [2.45, 2.75) is 103 Å². The maximum Gasteiger partial charge on any atom is 0.343 e.